The first-order valence-electron chi connectivity index (χ1n) is 7.84. The van der Waals surface area contributed by atoms with Crippen LogP contribution in [0.15, 0.2) is 24.3 Å². The summed E-state index contributed by atoms with van der Waals surface area (Å²) in [5.41, 5.74) is 0.505. The van der Waals surface area contributed by atoms with E-state index >= 15 is 0 Å². The lowest BCUT2D eigenvalue weighted by molar-refractivity contribution is -0.385. The molecule has 0 atom stereocenters. The van der Waals surface area contributed by atoms with E-state index in [1.54, 1.807) is 30.2 Å². The molecule has 6 heteroatoms. The van der Waals surface area contributed by atoms with Crippen molar-refractivity contribution >= 4 is 17.7 Å². The van der Waals surface area contributed by atoms with E-state index in [4.69, 9.17) is 4.74 Å². The highest BCUT2D eigenvalue weighted by Crippen LogP contribution is 2.28. The second-order valence-corrected chi connectivity index (χ2v) is 5.28. The number of nitro benzene ring substituents is 1. The van der Waals surface area contributed by atoms with Crippen LogP contribution in [0.5, 0.6) is 5.75 Å². The van der Waals surface area contributed by atoms with Crippen molar-refractivity contribution in [2.75, 3.05) is 20.2 Å². The zero-order valence-corrected chi connectivity index (χ0v) is 13.9. The minimum atomic E-state index is -0.475. The SMILES string of the molecule is CCCCN(C)C(=O)/C=C/c1ccc(OCCC)c([N+](=O)[O-])c1. The van der Waals surface area contributed by atoms with Crippen LogP contribution in [0.25, 0.3) is 6.08 Å². The maximum Gasteiger partial charge on any atom is 0.311 e. The molecule has 0 saturated carbocycles. The van der Waals surface area contributed by atoms with Crippen LogP contribution >= 0.6 is 0 Å². The number of nitro groups is 1. The molecule has 0 heterocycles. The number of amides is 1. The molecule has 6 nitrogen and oxygen atoms in total. The third kappa shape index (κ3) is 6.10. The largest absolute Gasteiger partial charge is 0.487 e. The van der Waals surface area contributed by atoms with Gasteiger partial charge in [-0.1, -0.05) is 26.3 Å². The van der Waals surface area contributed by atoms with Gasteiger partial charge in [0.1, 0.15) is 0 Å². The summed E-state index contributed by atoms with van der Waals surface area (Å²) in [6.45, 7) is 5.12. The molecule has 126 valence electrons. The van der Waals surface area contributed by atoms with E-state index < -0.39 is 4.92 Å². The van der Waals surface area contributed by atoms with Crippen molar-refractivity contribution in [2.45, 2.75) is 33.1 Å². The van der Waals surface area contributed by atoms with E-state index in [-0.39, 0.29) is 17.3 Å². The molecule has 0 unspecified atom stereocenters. The number of benzene rings is 1. The van der Waals surface area contributed by atoms with Gasteiger partial charge in [-0.05, 0) is 30.5 Å². The fraction of sp³-hybridized carbons (Fsp3) is 0.471. The van der Waals surface area contributed by atoms with E-state index in [0.717, 1.165) is 19.3 Å². The molecule has 0 aromatic heterocycles. The van der Waals surface area contributed by atoms with Crippen molar-refractivity contribution in [1.82, 2.24) is 4.90 Å². The zero-order chi connectivity index (χ0) is 17.2. The third-order valence-corrected chi connectivity index (χ3v) is 3.28. The molecular weight excluding hydrogens is 296 g/mol. The second-order valence-electron chi connectivity index (χ2n) is 5.28. The van der Waals surface area contributed by atoms with E-state index in [0.29, 0.717) is 18.7 Å². The fourth-order valence-electron chi connectivity index (χ4n) is 1.92. The Labute approximate surface area is 136 Å². The van der Waals surface area contributed by atoms with Crippen LogP contribution in [0.1, 0.15) is 38.7 Å². The molecule has 0 aliphatic heterocycles. The van der Waals surface area contributed by atoms with Crippen LogP contribution in [-0.2, 0) is 4.79 Å². The number of likely N-dealkylation sites (N-methyl/N-ethyl adjacent to an activating group) is 1. The van der Waals surface area contributed by atoms with Gasteiger partial charge in [0.05, 0.1) is 11.5 Å². The number of rotatable bonds is 9. The molecule has 1 rings (SSSR count). The normalized spacial score (nSPS) is 10.7. The first-order chi connectivity index (χ1) is 11.0. The van der Waals surface area contributed by atoms with E-state index in [2.05, 4.69) is 6.92 Å². The molecule has 0 N–H and O–H groups in total. The minimum absolute atomic E-state index is 0.0904. The zero-order valence-electron chi connectivity index (χ0n) is 13.9. The summed E-state index contributed by atoms with van der Waals surface area (Å²) in [4.78, 5) is 24.2. The van der Waals surface area contributed by atoms with Crippen LogP contribution in [-0.4, -0.2) is 35.9 Å². The Balaban J connectivity index is 2.84. The average Bonchev–Trinajstić information content (AvgIpc) is 2.55. The van der Waals surface area contributed by atoms with E-state index in [1.165, 1.54) is 12.1 Å². The molecule has 0 saturated heterocycles. The van der Waals surface area contributed by atoms with Crippen molar-refractivity contribution in [2.24, 2.45) is 0 Å². The van der Waals surface area contributed by atoms with Crippen LogP contribution < -0.4 is 4.74 Å². The predicted octanol–water partition coefficient (Wildman–Crippen LogP) is 3.66. The summed E-state index contributed by atoms with van der Waals surface area (Å²) >= 11 is 0. The second kappa shape index (κ2) is 9.61. The maximum absolute atomic E-state index is 11.9. The Morgan fingerprint density at radius 2 is 2.09 bits per heavy atom. The highest BCUT2D eigenvalue weighted by Gasteiger charge is 2.15. The highest BCUT2D eigenvalue weighted by atomic mass is 16.6. The lowest BCUT2D eigenvalue weighted by Gasteiger charge is -2.13. The van der Waals surface area contributed by atoms with Crippen molar-refractivity contribution in [3.63, 3.8) is 0 Å². The minimum Gasteiger partial charge on any atom is -0.487 e. The van der Waals surface area contributed by atoms with E-state index in [9.17, 15) is 14.9 Å². The molecular formula is C17H24N2O4. The van der Waals surface area contributed by atoms with Crippen molar-refractivity contribution in [3.05, 3.63) is 40.0 Å². The Morgan fingerprint density at radius 1 is 1.35 bits per heavy atom. The molecule has 0 spiro atoms. The summed E-state index contributed by atoms with van der Waals surface area (Å²) in [5, 5.41) is 11.1. The predicted molar refractivity (Wildman–Crippen MR) is 90.5 cm³/mol. The maximum atomic E-state index is 11.9. The molecule has 1 amide bonds. The third-order valence-electron chi connectivity index (χ3n) is 3.28. The van der Waals surface area contributed by atoms with Gasteiger partial charge in [0, 0.05) is 25.7 Å². The van der Waals surface area contributed by atoms with Gasteiger partial charge in [0.2, 0.25) is 5.91 Å². The first kappa shape index (κ1) is 18.7. The number of hydrogen-bond acceptors (Lipinski definition) is 4. The van der Waals surface area contributed by atoms with Gasteiger partial charge in [0.25, 0.3) is 0 Å². The topological polar surface area (TPSA) is 72.7 Å². The van der Waals surface area contributed by atoms with Crippen molar-refractivity contribution in [1.29, 1.82) is 0 Å². The number of carbonyl (C=O) groups excluding carboxylic acids is 1. The van der Waals surface area contributed by atoms with Gasteiger partial charge < -0.3 is 9.64 Å². The van der Waals surface area contributed by atoms with Crippen molar-refractivity contribution < 1.29 is 14.5 Å². The van der Waals surface area contributed by atoms with Crippen LogP contribution in [0, 0.1) is 10.1 Å². The average molecular weight is 320 g/mol. The summed E-state index contributed by atoms with van der Waals surface area (Å²) in [6, 6.07) is 4.69. The summed E-state index contributed by atoms with van der Waals surface area (Å²) in [5.74, 6) is 0.132. The van der Waals surface area contributed by atoms with E-state index in [1.807, 2.05) is 6.92 Å². The summed E-state index contributed by atoms with van der Waals surface area (Å²) in [7, 11) is 1.74. The molecule has 23 heavy (non-hydrogen) atoms. The van der Waals surface area contributed by atoms with Gasteiger partial charge in [-0.2, -0.15) is 0 Å². The van der Waals surface area contributed by atoms with Gasteiger partial charge in [0.15, 0.2) is 5.75 Å². The van der Waals surface area contributed by atoms with Crippen LogP contribution in [0.4, 0.5) is 5.69 Å². The van der Waals surface area contributed by atoms with Gasteiger partial charge in [-0.3, -0.25) is 14.9 Å². The number of hydrogen-bond donors (Lipinski definition) is 0. The van der Waals surface area contributed by atoms with Crippen LogP contribution in [0.2, 0.25) is 0 Å². The lowest BCUT2D eigenvalue weighted by Crippen LogP contribution is -2.25. The van der Waals surface area contributed by atoms with Crippen LogP contribution in [0.3, 0.4) is 0 Å². The first-order valence-corrected chi connectivity index (χ1v) is 7.84. The fourth-order valence-corrected chi connectivity index (χ4v) is 1.92. The molecule has 0 aliphatic carbocycles. The Kier molecular flexibility index (Phi) is 7.80. The molecule has 0 aliphatic rings. The smallest absolute Gasteiger partial charge is 0.311 e. The van der Waals surface area contributed by atoms with Gasteiger partial charge in [-0.15, -0.1) is 0 Å². The molecule has 0 radical (unpaired) electrons. The molecule has 0 fully saturated rings. The molecule has 1 aromatic rings. The monoisotopic (exact) mass is 320 g/mol. The summed E-state index contributed by atoms with van der Waals surface area (Å²) in [6.07, 6.45) is 5.76. The van der Waals surface area contributed by atoms with Gasteiger partial charge in [-0.25, -0.2) is 0 Å². The number of ether oxygens (including phenoxy) is 1. The standard InChI is InChI=1S/C17H24N2O4/c1-4-6-11-18(3)17(20)10-8-14-7-9-16(23-12-5-2)15(13-14)19(21)22/h7-10,13H,4-6,11-12H2,1-3H3/b10-8+. The molecule has 0 bridgehead atoms. The quantitative estimate of drug-likeness (QED) is 0.395. The number of carbonyl (C=O) groups is 1. The number of nitrogens with zero attached hydrogens (tertiary/aromatic N) is 2. The Bertz CT molecular complexity index is 570. The van der Waals surface area contributed by atoms with Gasteiger partial charge >= 0.3 is 5.69 Å². The summed E-state index contributed by atoms with van der Waals surface area (Å²) < 4.78 is 5.37. The number of unbranched alkanes of at least 4 members (excludes halogenated alkanes) is 1. The highest BCUT2D eigenvalue weighted by molar-refractivity contribution is 5.91. The lowest BCUT2D eigenvalue weighted by atomic mass is 10.1. The molecule has 1 aromatic carbocycles. The Morgan fingerprint density at radius 3 is 2.70 bits per heavy atom. The Hall–Kier alpha value is -2.37. The van der Waals surface area contributed by atoms with Crippen molar-refractivity contribution in [3.8, 4) is 5.75 Å².